The quantitative estimate of drug-likeness (QED) is 0.480. The molecule has 0 aliphatic carbocycles. The Labute approximate surface area is 211 Å². The van der Waals surface area contributed by atoms with Crippen molar-refractivity contribution < 1.29 is 18.0 Å². The van der Waals surface area contributed by atoms with E-state index >= 15 is 0 Å². The summed E-state index contributed by atoms with van der Waals surface area (Å²) in [5.74, 6) is -0.743. The molecule has 34 heavy (non-hydrogen) atoms. The minimum atomic E-state index is -3.75. The molecule has 0 unspecified atom stereocenters. The van der Waals surface area contributed by atoms with E-state index in [2.05, 4.69) is 21.2 Å². The number of halogens is 1. The second-order valence-corrected chi connectivity index (χ2v) is 11.5. The molecular formula is C25H34BrN3O4S. The number of amides is 2. The summed E-state index contributed by atoms with van der Waals surface area (Å²) in [5, 5.41) is 2.92. The first-order valence-corrected chi connectivity index (χ1v) is 13.9. The Balaban J connectivity index is 2.42. The van der Waals surface area contributed by atoms with Crippen molar-refractivity contribution in [2.24, 2.45) is 0 Å². The molecule has 7 nitrogen and oxygen atoms in total. The fourth-order valence-corrected chi connectivity index (χ4v) is 4.91. The Morgan fingerprint density at radius 2 is 1.76 bits per heavy atom. The first-order valence-electron chi connectivity index (χ1n) is 11.2. The van der Waals surface area contributed by atoms with E-state index in [9.17, 15) is 18.0 Å². The van der Waals surface area contributed by atoms with E-state index in [0.717, 1.165) is 38.1 Å². The number of hydrogen-bond donors (Lipinski definition) is 1. The van der Waals surface area contributed by atoms with Crippen LogP contribution in [-0.4, -0.2) is 50.0 Å². The van der Waals surface area contributed by atoms with Crippen LogP contribution in [0, 0.1) is 13.8 Å². The van der Waals surface area contributed by atoms with Gasteiger partial charge in [0.15, 0.2) is 0 Å². The van der Waals surface area contributed by atoms with Gasteiger partial charge in [-0.15, -0.1) is 0 Å². The molecule has 0 spiro atoms. The molecule has 0 aromatic heterocycles. The van der Waals surface area contributed by atoms with E-state index in [-0.39, 0.29) is 18.5 Å². The van der Waals surface area contributed by atoms with Gasteiger partial charge in [0.1, 0.15) is 12.6 Å². The topological polar surface area (TPSA) is 86.8 Å². The van der Waals surface area contributed by atoms with E-state index in [1.54, 1.807) is 13.0 Å². The summed E-state index contributed by atoms with van der Waals surface area (Å²) < 4.78 is 27.3. The lowest BCUT2D eigenvalue weighted by Crippen LogP contribution is -2.52. The Bertz CT molecular complexity index is 1140. The highest BCUT2D eigenvalue weighted by Gasteiger charge is 2.31. The molecule has 2 amide bonds. The van der Waals surface area contributed by atoms with E-state index in [1.165, 1.54) is 4.90 Å². The van der Waals surface area contributed by atoms with Gasteiger partial charge in [-0.2, -0.15) is 0 Å². The second kappa shape index (κ2) is 11.8. The summed E-state index contributed by atoms with van der Waals surface area (Å²) in [5.41, 5.74) is 3.01. The molecule has 0 heterocycles. The minimum Gasteiger partial charge on any atom is -0.352 e. The van der Waals surface area contributed by atoms with Crippen LogP contribution < -0.4 is 9.62 Å². The summed E-state index contributed by atoms with van der Waals surface area (Å²) >= 11 is 3.44. The third-order valence-electron chi connectivity index (χ3n) is 5.71. The molecule has 0 aliphatic heterocycles. The third-order valence-corrected chi connectivity index (χ3v) is 7.33. The van der Waals surface area contributed by atoms with Crippen molar-refractivity contribution in [1.82, 2.24) is 10.2 Å². The van der Waals surface area contributed by atoms with Gasteiger partial charge in [-0.05, 0) is 63.4 Å². The maximum absolute atomic E-state index is 13.6. The van der Waals surface area contributed by atoms with Gasteiger partial charge in [0.25, 0.3) is 0 Å². The lowest BCUT2D eigenvalue weighted by atomic mass is 10.1. The Kier molecular flexibility index (Phi) is 9.70. The van der Waals surface area contributed by atoms with Gasteiger partial charge in [-0.3, -0.25) is 13.9 Å². The van der Waals surface area contributed by atoms with Crippen LogP contribution in [-0.2, 0) is 26.2 Å². The molecule has 0 aliphatic rings. The highest BCUT2D eigenvalue weighted by molar-refractivity contribution is 9.10. The van der Waals surface area contributed by atoms with Crippen LogP contribution in [0.5, 0.6) is 0 Å². The maximum atomic E-state index is 13.6. The Morgan fingerprint density at radius 3 is 2.32 bits per heavy atom. The standard InChI is InChI=1S/C25H34BrN3O4S/c1-7-19(4)27-25(31)20(5)28(15-21-9-8-10-22(26)14-21)24(30)16-29(34(6,32)33)23-12-11-17(2)13-18(23)3/h8-14,19-20H,7,15-16H2,1-6H3,(H,27,31)/t19-,20+/m1/s1. The fourth-order valence-electron chi connectivity index (χ4n) is 3.56. The third kappa shape index (κ3) is 7.56. The van der Waals surface area contributed by atoms with Crippen molar-refractivity contribution in [2.75, 3.05) is 17.1 Å². The first-order chi connectivity index (χ1) is 15.8. The lowest BCUT2D eigenvalue weighted by Gasteiger charge is -2.32. The summed E-state index contributed by atoms with van der Waals surface area (Å²) in [7, 11) is -3.75. The molecule has 2 aromatic carbocycles. The van der Waals surface area contributed by atoms with Crippen LogP contribution in [0.25, 0.3) is 0 Å². The fraction of sp³-hybridized carbons (Fsp3) is 0.440. The number of benzene rings is 2. The SMILES string of the molecule is CC[C@@H](C)NC(=O)[C@H](C)N(Cc1cccc(Br)c1)C(=O)CN(c1ccc(C)cc1C)S(C)(=O)=O. The average molecular weight is 553 g/mol. The highest BCUT2D eigenvalue weighted by Crippen LogP contribution is 2.24. The summed E-state index contributed by atoms with van der Waals surface area (Å²) in [4.78, 5) is 27.9. The van der Waals surface area contributed by atoms with Crippen LogP contribution >= 0.6 is 15.9 Å². The number of nitrogens with zero attached hydrogens (tertiary/aromatic N) is 2. The van der Waals surface area contributed by atoms with Gasteiger partial charge in [-0.1, -0.05) is 52.7 Å². The van der Waals surface area contributed by atoms with E-state index < -0.39 is 28.5 Å². The molecule has 2 rings (SSSR count). The van der Waals surface area contributed by atoms with E-state index in [1.807, 2.05) is 64.1 Å². The molecule has 0 bridgehead atoms. The maximum Gasteiger partial charge on any atom is 0.244 e. The highest BCUT2D eigenvalue weighted by atomic mass is 79.9. The number of aryl methyl sites for hydroxylation is 2. The molecule has 2 atom stereocenters. The van der Waals surface area contributed by atoms with Crippen molar-refractivity contribution in [3.8, 4) is 0 Å². The number of rotatable bonds is 10. The number of carbonyl (C=O) groups is 2. The second-order valence-electron chi connectivity index (χ2n) is 8.70. The van der Waals surface area contributed by atoms with Crippen molar-refractivity contribution in [2.45, 2.75) is 59.7 Å². The zero-order chi connectivity index (χ0) is 25.6. The Hall–Kier alpha value is -2.39. The van der Waals surface area contributed by atoms with Crippen molar-refractivity contribution in [1.29, 1.82) is 0 Å². The van der Waals surface area contributed by atoms with Crippen LogP contribution in [0.4, 0.5) is 5.69 Å². The predicted molar refractivity (Wildman–Crippen MR) is 140 cm³/mol. The van der Waals surface area contributed by atoms with Crippen LogP contribution in [0.2, 0.25) is 0 Å². The Morgan fingerprint density at radius 1 is 1.09 bits per heavy atom. The van der Waals surface area contributed by atoms with Gasteiger partial charge < -0.3 is 10.2 Å². The van der Waals surface area contributed by atoms with E-state index in [4.69, 9.17) is 0 Å². The lowest BCUT2D eigenvalue weighted by molar-refractivity contribution is -0.139. The summed E-state index contributed by atoms with van der Waals surface area (Å²) in [6.45, 7) is 9.02. The average Bonchev–Trinajstić information content (AvgIpc) is 2.74. The predicted octanol–water partition coefficient (Wildman–Crippen LogP) is 4.16. The van der Waals surface area contributed by atoms with Gasteiger partial charge in [-0.25, -0.2) is 8.42 Å². The zero-order valence-electron chi connectivity index (χ0n) is 20.6. The van der Waals surface area contributed by atoms with Crippen LogP contribution in [0.1, 0.15) is 43.9 Å². The van der Waals surface area contributed by atoms with Gasteiger partial charge >= 0.3 is 0 Å². The van der Waals surface area contributed by atoms with Crippen LogP contribution in [0.15, 0.2) is 46.9 Å². The number of hydrogen-bond acceptors (Lipinski definition) is 4. The minimum absolute atomic E-state index is 0.0412. The molecular weight excluding hydrogens is 518 g/mol. The van der Waals surface area contributed by atoms with Crippen molar-refractivity contribution in [3.63, 3.8) is 0 Å². The largest absolute Gasteiger partial charge is 0.352 e. The normalized spacial score (nSPS) is 13.1. The van der Waals surface area contributed by atoms with Gasteiger partial charge in [0, 0.05) is 17.1 Å². The molecule has 0 saturated carbocycles. The zero-order valence-corrected chi connectivity index (χ0v) is 23.0. The summed E-state index contributed by atoms with van der Waals surface area (Å²) in [6, 6.07) is 12.0. The molecule has 0 radical (unpaired) electrons. The van der Waals surface area contributed by atoms with Gasteiger partial charge in [0.2, 0.25) is 21.8 Å². The molecule has 1 N–H and O–H groups in total. The summed E-state index contributed by atoms with van der Waals surface area (Å²) in [6.07, 6.45) is 1.84. The van der Waals surface area contributed by atoms with E-state index in [0.29, 0.717) is 5.69 Å². The van der Waals surface area contributed by atoms with Crippen molar-refractivity contribution >= 4 is 43.5 Å². The molecule has 0 fully saturated rings. The number of nitrogens with one attached hydrogen (secondary N) is 1. The monoisotopic (exact) mass is 551 g/mol. The number of anilines is 1. The smallest absolute Gasteiger partial charge is 0.244 e. The molecule has 9 heteroatoms. The molecule has 186 valence electrons. The first kappa shape index (κ1) is 27.9. The number of sulfonamides is 1. The van der Waals surface area contributed by atoms with Gasteiger partial charge in [0.05, 0.1) is 11.9 Å². The molecule has 0 saturated heterocycles. The van der Waals surface area contributed by atoms with Crippen LogP contribution in [0.3, 0.4) is 0 Å². The number of carbonyl (C=O) groups excluding carboxylic acids is 2. The van der Waals surface area contributed by atoms with Crippen molar-refractivity contribution in [3.05, 3.63) is 63.6 Å². The molecule has 2 aromatic rings.